The maximum Gasteiger partial charge on any atom is 0.277 e. The zero-order chi connectivity index (χ0) is 15.1. The van der Waals surface area contributed by atoms with Crippen LogP contribution >= 0.6 is 11.6 Å². The Morgan fingerprint density at radius 2 is 1.86 bits per heavy atom. The fourth-order valence-corrected chi connectivity index (χ4v) is 1.58. The first-order valence-corrected chi connectivity index (χ1v) is 6.50. The number of nitrogens with zero attached hydrogens (tertiary/aromatic N) is 1. The number of hydrazone groups is 1. The van der Waals surface area contributed by atoms with Crippen LogP contribution in [0.5, 0.6) is 11.5 Å². The Labute approximate surface area is 126 Å². The topological polar surface area (TPSA) is 70.9 Å². The molecule has 0 saturated heterocycles. The van der Waals surface area contributed by atoms with E-state index >= 15 is 0 Å². The number of phenols is 1. The Morgan fingerprint density at radius 1 is 1.19 bits per heavy atom. The van der Waals surface area contributed by atoms with Gasteiger partial charge in [-0.25, -0.2) is 5.43 Å². The zero-order valence-corrected chi connectivity index (χ0v) is 11.7. The lowest BCUT2D eigenvalue weighted by Crippen LogP contribution is -2.24. The van der Waals surface area contributed by atoms with Crippen molar-refractivity contribution in [1.82, 2.24) is 5.43 Å². The van der Waals surface area contributed by atoms with Gasteiger partial charge in [-0.2, -0.15) is 5.10 Å². The molecule has 0 saturated carbocycles. The van der Waals surface area contributed by atoms with Gasteiger partial charge in [-0.1, -0.05) is 11.6 Å². The third-order valence-corrected chi connectivity index (χ3v) is 2.73. The van der Waals surface area contributed by atoms with Crippen LogP contribution in [0.15, 0.2) is 53.6 Å². The standard InChI is InChI=1S/C15H13ClN2O3/c16-12-3-7-14(8-4-12)21-10-15(20)18-17-9-11-1-5-13(19)6-2-11/h1-9,19H,10H2,(H,18,20)/b17-9-. The van der Waals surface area contributed by atoms with Crippen LogP contribution in [0.4, 0.5) is 0 Å². The SMILES string of the molecule is O=C(COc1ccc(Cl)cc1)N/N=C\c1ccc(O)cc1. The van der Waals surface area contributed by atoms with Crippen LogP contribution in [-0.4, -0.2) is 23.8 Å². The molecule has 5 nitrogen and oxygen atoms in total. The molecule has 2 rings (SSSR count). The monoisotopic (exact) mass is 304 g/mol. The molecule has 2 aromatic rings. The summed E-state index contributed by atoms with van der Waals surface area (Å²) in [6.45, 7) is -0.144. The Hall–Kier alpha value is -2.53. The second kappa shape index (κ2) is 7.31. The summed E-state index contributed by atoms with van der Waals surface area (Å²) in [4.78, 5) is 11.5. The molecule has 0 aliphatic heterocycles. The van der Waals surface area contributed by atoms with E-state index in [-0.39, 0.29) is 18.3 Å². The van der Waals surface area contributed by atoms with Crippen LogP contribution in [0.2, 0.25) is 5.02 Å². The van der Waals surface area contributed by atoms with Crippen LogP contribution in [-0.2, 0) is 4.79 Å². The molecule has 108 valence electrons. The third-order valence-electron chi connectivity index (χ3n) is 2.48. The maximum absolute atomic E-state index is 11.5. The van der Waals surface area contributed by atoms with E-state index in [0.717, 1.165) is 5.56 Å². The van der Waals surface area contributed by atoms with Gasteiger partial charge in [0.05, 0.1) is 6.21 Å². The van der Waals surface area contributed by atoms with Crippen molar-refractivity contribution in [3.05, 3.63) is 59.1 Å². The number of amides is 1. The first kappa shape index (κ1) is 14.9. The number of benzene rings is 2. The van der Waals surface area contributed by atoms with Gasteiger partial charge in [-0.05, 0) is 54.1 Å². The third kappa shape index (κ3) is 5.16. The van der Waals surface area contributed by atoms with Crippen molar-refractivity contribution in [2.75, 3.05) is 6.61 Å². The Balaban J connectivity index is 1.77. The highest BCUT2D eigenvalue weighted by molar-refractivity contribution is 6.30. The summed E-state index contributed by atoms with van der Waals surface area (Å²) >= 11 is 5.74. The number of hydrogen-bond donors (Lipinski definition) is 2. The van der Waals surface area contributed by atoms with Gasteiger partial charge in [-0.15, -0.1) is 0 Å². The van der Waals surface area contributed by atoms with E-state index < -0.39 is 0 Å². The molecule has 1 amide bonds. The van der Waals surface area contributed by atoms with Gasteiger partial charge in [0, 0.05) is 5.02 Å². The predicted octanol–water partition coefficient (Wildman–Crippen LogP) is 2.57. The normalized spacial score (nSPS) is 10.5. The molecule has 0 unspecified atom stereocenters. The van der Waals surface area contributed by atoms with Gasteiger partial charge < -0.3 is 9.84 Å². The van der Waals surface area contributed by atoms with E-state index in [1.54, 1.807) is 36.4 Å². The second-order valence-electron chi connectivity index (χ2n) is 4.13. The van der Waals surface area contributed by atoms with Crippen molar-refractivity contribution in [3.8, 4) is 11.5 Å². The lowest BCUT2D eigenvalue weighted by atomic mass is 10.2. The number of carbonyl (C=O) groups excluding carboxylic acids is 1. The van der Waals surface area contributed by atoms with Crippen molar-refractivity contribution in [2.24, 2.45) is 5.10 Å². The van der Waals surface area contributed by atoms with Crippen LogP contribution in [0, 0.1) is 0 Å². The van der Waals surface area contributed by atoms with Gasteiger partial charge in [0.2, 0.25) is 0 Å². The fourth-order valence-electron chi connectivity index (χ4n) is 1.45. The van der Waals surface area contributed by atoms with Crippen LogP contribution in [0.1, 0.15) is 5.56 Å². The molecule has 21 heavy (non-hydrogen) atoms. The Bertz CT molecular complexity index is 624. The number of phenolic OH excluding ortho intramolecular Hbond substituents is 1. The number of ether oxygens (including phenoxy) is 1. The van der Waals surface area contributed by atoms with E-state index in [1.165, 1.54) is 18.3 Å². The molecule has 2 aromatic carbocycles. The Morgan fingerprint density at radius 3 is 2.52 bits per heavy atom. The van der Waals surface area contributed by atoms with E-state index in [9.17, 15) is 4.79 Å². The maximum atomic E-state index is 11.5. The molecule has 0 radical (unpaired) electrons. The van der Waals surface area contributed by atoms with Crippen LogP contribution in [0.25, 0.3) is 0 Å². The number of halogens is 1. The minimum atomic E-state index is -0.375. The average molecular weight is 305 g/mol. The molecule has 0 atom stereocenters. The van der Waals surface area contributed by atoms with E-state index in [1.807, 2.05) is 0 Å². The predicted molar refractivity (Wildman–Crippen MR) is 80.8 cm³/mol. The van der Waals surface area contributed by atoms with Gasteiger partial charge in [0.15, 0.2) is 6.61 Å². The molecule has 6 heteroatoms. The van der Waals surface area contributed by atoms with Crippen LogP contribution < -0.4 is 10.2 Å². The lowest BCUT2D eigenvalue weighted by molar-refractivity contribution is -0.123. The minimum Gasteiger partial charge on any atom is -0.508 e. The van der Waals surface area contributed by atoms with E-state index in [2.05, 4.69) is 10.5 Å². The first-order valence-electron chi connectivity index (χ1n) is 6.13. The molecular formula is C15H13ClN2O3. The highest BCUT2D eigenvalue weighted by atomic mass is 35.5. The number of hydrogen-bond acceptors (Lipinski definition) is 4. The first-order chi connectivity index (χ1) is 10.1. The van der Waals surface area contributed by atoms with E-state index in [0.29, 0.717) is 10.8 Å². The minimum absolute atomic E-state index is 0.144. The van der Waals surface area contributed by atoms with Crippen molar-refractivity contribution < 1.29 is 14.6 Å². The van der Waals surface area contributed by atoms with Crippen molar-refractivity contribution in [2.45, 2.75) is 0 Å². The summed E-state index contributed by atoms with van der Waals surface area (Å²) in [5.74, 6) is 0.351. The summed E-state index contributed by atoms with van der Waals surface area (Å²) in [6.07, 6.45) is 1.47. The number of aromatic hydroxyl groups is 1. The summed E-state index contributed by atoms with van der Waals surface area (Å²) < 4.78 is 5.26. The Kier molecular flexibility index (Phi) is 5.17. The highest BCUT2D eigenvalue weighted by Gasteiger charge is 2.01. The summed E-state index contributed by atoms with van der Waals surface area (Å²) in [5.41, 5.74) is 3.10. The smallest absolute Gasteiger partial charge is 0.277 e. The summed E-state index contributed by atoms with van der Waals surface area (Å²) in [5, 5.41) is 13.5. The number of nitrogens with one attached hydrogen (secondary N) is 1. The second-order valence-corrected chi connectivity index (χ2v) is 4.56. The number of rotatable bonds is 5. The quantitative estimate of drug-likeness (QED) is 0.659. The lowest BCUT2D eigenvalue weighted by Gasteiger charge is -2.04. The van der Waals surface area contributed by atoms with Crippen molar-refractivity contribution >= 4 is 23.7 Å². The van der Waals surface area contributed by atoms with Gasteiger partial charge in [0.1, 0.15) is 11.5 Å². The zero-order valence-electron chi connectivity index (χ0n) is 11.0. The van der Waals surface area contributed by atoms with Crippen molar-refractivity contribution in [1.29, 1.82) is 0 Å². The fraction of sp³-hybridized carbons (Fsp3) is 0.0667. The molecule has 0 heterocycles. The van der Waals surface area contributed by atoms with Crippen molar-refractivity contribution in [3.63, 3.8) is 0 Å². The van der Waals surface area contributed by atoms with Gasteiger partial charge in [-0.3, -0.25) is 4.79 Å². The summed E-state index contributed by atoms with van der Waals surface area (Å²) in [6, 6.07) is 13.1. The van der Waals surface area contributed by atoms with Crippen LogP contribution in [0.3, 0.4) is 0 Å². The molecule has 0 fully saturated rings. The van der Waals surface area contributed by atoms with Gasteiger partial charge in [0.25, 0.3) is 5.91 Å². The van der Waals surface area contributed by atoms with Gasteiger partial charge >= 0.3 is 0 Å². The molecule has 0 bridgehead atoms. The molecule has 0 aliphatic rings. The number of carbonyl (C=O) groups is 1. The largest absolute Gasteiger partial charge is 0.508 e. The molecule has 0 aromatic heterocycles. The summed E-state index contributed by atoms with van der Waals surface area (Å²) in [7, 11) is 0. The molecule has 2 N–H and O–H groups in total. The molecular weight excluding hydrogens is 292 g/mol. The molecule has 0 aliphatic carbocycles. The van der Waals surface area contributed by atoms with E-state index in [4.69, 9.17) is 21.4 Å². The highest BCUT2D eigenvalue weighted by Crippen LogP contribution is 2.15. The average Bonchev–Trinajstić information content (AvgIpc) is 2.49. The molecule has 0 spiro atoms.